The van der Waals surface area contributed by atoms with E-state index in [9.17, 15) is 0 Å². The molecular formula is C22H21N3. The zero-order chi connectivity index (χ0) is 17.8. The summed E-state index contributed by atoms with van der Waals surface area (Å²) < 4.78 is 1.80. The first-order chi connectivity index (χ1) is 12.0. The monoisotopic (exact) mass is 327 g/mol. The fourth-order valence-electron chi connectivity index (χ4n) is 2.63. The van der Waals surface area contributed by atoms with E-state index in [4.69, 9.17) is 0 Å². The van der Waals surface area contributed by atoms with E-state index in [2.05, 4.69) is 54.8 Å². The second-order valence-electron chi connectivity index (χ2n) is 6.04. The summed E-state index contributed by atoms with van der Waals surface area (Å²) in [5, 5.41) is 7.53. The maximum Gasteiger partial charge on any atom is 0.0835 e. The number of rotatable bonds is 3. The van der Waals surface area contributed by atoms with E-state index in [0.29, 0.717) is 0 Å². The van der Waals surface area contributed by atoms with Gasteiger partial charge >= 0.3 is 0 Å². The molecule has 3 heteroatoms. The fourth-order valence-corrected chi connectivity index (χ4v) is 2.63. The molecule has 0 saturated heterocycles. The van der Waals surface area contributed by atoms with E-state index in [1.807, 2.05) is 43.4 Å². The Hall–Kier alpha value is -3.25. The number of hydrogen-bond acceptors (Lipinski definition) is 2. The highest BCUT2D eigenvalue weighted by Gasteiger charge is 2.06. The second kappa shape index (κ2) is 7.11. The topological polar surface area (TPSA) is 29.9 Å². The van der Waals surface area contributed by atoms with E-state index in [1.54, 1.807) is 10.9 Å². The predicted octanol–water partition coefficient (Wildman–Crippen LogP) is 4.52. The lowest BCUT2D eigenvalue weighted by molar-refractivity contribution is 0.756. The van der Waals surface area contributed by atoms with Crippen LogP contribution in [-0.4, -0.2) is 9.78 Å². The van der Waals surface area contributed by atoms with Crippen LogP contribution in [0.5, 0.6) is 0 Å². The molecular weight excluding hydrogens is 306 g/mol. The van der Waals surface area contributed by atoms with E-state index < -0.39 is 0 Å². The zero-order valence-corrected chi connectivity index (χ0v) is 14.8. The van der Waals surface area contributed by atoms with E-state index in [-0.39, 0.29) is 0 Å². The average Bonchev–Trinajstić information content (AvgIpc) is 3.02. The molecule has 0 spiro atoms. The molecule has 0 bridgehead atoms. The first-order valence-corrected chi connectivity index (χ1v) is 8.17. The summed E-state index contributed by atoms with van der Waals surface area (Å²) in [6.07, 6.45) is 1.76. The lowest BCUT2D eigenvalue weighted by Crippen LogP contribution is -2.04. The molecule has 124 valence electrons. The third kappa shape index (κ3) is 3.81. The van der Waals surface area contributed by atoms with Crippen molar-refractivity contribution in [2.75, 3.05) is 5.32 Å². The molecule has 25 heavy (non-hydrogen) atoms. The van der Waals surface area contributed by atoms with Gasteiger partial charge in [-0.25, -0.2) is 0 Å². The van der Waals surface area contributed by atoms with Crippen LogP contribution in [0.4, 0.5) is 5.69 Å². The number of anilines is 1. The van der Waals surface area contributed by atoms with Gasteiger partial charge in [0.1, 0.15) is 0 Å². The van der Waals surface area contributed by atoms with Crippen molar-refractivity contribution < 1.29 is 0 Å². The lowest BCUT2D eigenvalue weighted by atomic mass is 10.1. The van der Waals surface area contributed by atoms with Gasteiger partial charge in [0.05, 0.1) is 11.4 Å². The van der Waals surface area contributed by atoms with E-state index >= 15 is 0 Å². The molecule has 0 atom stereocenters. The molecule has 0 aliphatic heterocycles. The third-order valence-electron chi connectivity index (χ3n) is 4.13. The van der Waals surface area contributed by atoms with Crippen molar-refractivity contribution in [1.29, 1.82) is 0 Å². The Morgan fingerprint density at radius 3 is 2.52 bits per heavy atom. The summed E-state index contributed by atoms with van der Waals surface area (Å²) in [4.78, 5) is 0. The largest absolute Gasteiger partial charge is 0.354 e. The molecule has 1 aromatic heterocycles. The Morgan fingerprint density at radius 1 is 1.04 bits per heavy atom. The first-order valence-electron chi connectivity index (χ1n) is 8.17. The van der Waals surface area contributed by atoms with Crippen molar-refractivity contribution in [3.8, 4) is 11.8 Å². The van der Waals surface area contributed by atoms with Crippen LogP contribution in [0.3, 0.4) is 0 Å². The molecule has 0 aliphatic rings. The first kappa shape index (κ1) is 16.6. The fraction of sp³-hybridized carbons (Fsp3) is 0.136. The standard InChI is InChI=1S/C22H21N3/c1-16-7-5-6-8-20(16)11-9-19-10-12-21(17(2)15-19)24-18(3)22-13-14-23-25(22)4/h5-8,10,12-15,24H,3H2,1-2,4H3. The molecule has 0 radical (unpaired) electrons. The van der Waals surface area contributed by atoms with Gasteiger partial charge in [0.2, 0.25) is 0 Å². The van der Waals surface area contributed by atoms with Crippen molar-refractivity contribution in [2.24, 2.45) is 7.05 Å². The van der Waals surface area contributed by atoms with E-state index in [1.165, 1.54) is 5.56 Å². The van der Waals surface area contributed by atoms with Gasteiger partial charge in [0.25, 0.3) is 0 Å². The average molecular weight is 327 g/mol. The predicted molar refractivity (Wildman–Crippen MR) is 104 cm³/mol. The van der Waals surface area contributed by atoms with Gasteiger partial charge in [-0.1, -0.05) is 36.6 Å². The van der Waals surface area contributed by atoms with Crippen molar-refractivity contribution >= 4 is 11.4 Å². The highest BCUT2D eigenvalue weighted by molar-refractivity contribution is 5.75. The molecule has 3 nitrogen and oxygen atoms in total. The number of aromatic nitrogens is 2. The van der Waals surface area contributed by atoms with Gasteiger partial charge in [0, 0.05) is 30.1 Å². The minimum Gasteiger partial charge on any atom is -0.354 e. The number of aryl methyl sites for hydroxylation is 3. The van der Waals surface area contributed by atoms with Crippen LogP contribution in [0.25, 0.3) is 5.70 Å². The van der Waals surface area contributed by atoms with Gasteiger partial charge in [-0.3, -0.25) is 4.68 Å². The maximum atomic E-state index is 4.17. The van der Waals surface area contributed by atoms with Crippen LogP contribution < -0.4 is 5.32 Å². The molecule has 0 unspecified atom stereocenters. The van der Waals surface area contributed by atoms with Gasteiger partial charge in [-0.05, 0) is 55.3 Å². The van der Waals surface area contributed by atoms with Crippen molar-refractivity contribution in [2.45, 2.75) is 13.8 Å². The summed E-state index contributed by atoms with van der Waals surface area (Å²) in [5.74, 6) is 6.49. The normalized spacial score (nSPS) is 10.0. The van der Waals surface area contributed by atoms with Gasteiger partial charge in [0.15, 0.2) is 0 Å². The summed E-state index contributed by atoms with van der Waals surface area (Å²) in [6.45, 7) is 8.25. The Bertz CT molecular complexity index is 984. The van der Waals surface area contributed by atoms with Gasteiger partial charge in [-0.15, -0.1) is 0 Å². The molecule has 3 aromatic rings. The van der Waals surface area contributed by atoms with E-state index in [0.717, 1.165) is 33.8 Å². The number of benzene rings is 2. The van der Waals surface area contributed by atoms with Crippen LogP contribution in [0.2, 0.25) is 0 Å². The summed E-state index contributed by atoms with van der Waals surface area (Å²) in [6, 6.07) is 16.3. The quantitative estimate of drug-likeness (QED) is 0.717. The van der Waals surface area contributed by atoms with Crippen molar-refractivity contribution in [3.63, 3.8) is 0 Å². The SMILES string of the molecule is C=C(Nc1ccc(C#Cc2ccccc2C)cc1C)c1ccnn1C. The minimum absolute atomic E-state index is 0.821. The van der Waals surface area contributed by atoms with Crippen LogP contribution in [-0.2, 0) is 7.05 Å². The van der Waals surface area contributed by atoms with Crippen molar-refractivity contribution in [3.05, 3.63) is 89.3 Å². The Morgan fingerprint density at radius 2 is 1.84 bits per heavy atom. The molecule has 0 saturated carbocycles. The summed E-state index contributed by atoms with van der Waals surface area (Å²) in [7, 11) is 1.90. The third-order valence-corrected chi connectivity index (χ3v) is 4.13. The van der Waals surface area contributed by atoms with Crippen LogP contribution in [0.1, 0.15) is 27.9 Å². The molecule has 2 aromatic carbocycles. The lowest BCUT2D eigenvalue weighted by Gasteiger charge is -2.12. The van der Waals surface area contributed by atoms with Crippen LogP contribution in [0, 0.1) is 25.7 Å². The summed E-state index contributed by atoms with van der Waals surface area (Å²) >= 11 is 0. The van der Waals surface area contributed by atoms with Crippen molar-refractivity contribution in [1.82, 2.24) is 9.78 Å². The minimum atomic E-state index is 0.821. The van der Waals surface area contributed by atoms with Gasteiger partial charge < -0.3 is 5.32 Å². The number of hydrogen-bond donors (Lipinski definition) is 1. The zero-order valence-electron chi connectivity index (χ0n) is 14.8. The number of nitrogens with one attached hydrogen (secondary N) is 1. The summed E-state index contributed by atoms with van der Waals surface area (Å²) in [5.41, 5.74) is 7.18. The smallest absolute Gasteiger partial charge is 0.0835 e. The molecule has 0 aliphatic carbocycles. The highest BCUT2D eigenvalue weighted by Crippen LogP contribution is 2.21. The molecule has 0 fully saturated rings. The molecule has 0 amide bonds. The Kier molecular flexibility index (Phi) is 4.72. The molecule has 1 N–H and O–H groups in total. The Labute approximate surface area is 149 Å². The van der Waals surface area contributed by atoms with Gasteiger partial charge in [-0.2, -0.15) is 5.10 Å². The highest BCUT2D eigenvalue weighted by atomic mass is 15.3. The Balaban J connectivity index is 1.79. The molecule has 1 heterocycles. The van der Waals surface area contributed by atoms with Crippen LogP contribution in [0.15, 0.2) is 61.3 Å². The second-order valence-corrected chi connectivity index (χ2v) is 6.04. The molecule has 3 rings (SSSR count). The number of nitrogens with zero attached hydrogens (tertiary/aromatic N) is 2. The van der Waals surface area contributed by atoms with Crippen LogP contribution >= 0.6 is 0 Å². The maximum absolute atomic E-state index is 4.17.